The van der Waals surface area contributed by atoms with Crippen molar-refractivity contribution in [2.24, 2.45) is 0 Å². The molecule has 0 radical (unpaired) electrons. The highest BCUT2D eigenvalue weighted by Gasteiger charge is 2.29. The predicted molar refractivity (Wildman–Crippen MR) is 64.6 cm³/mol. The Labute approximate surface area is 107 Å². The number of nitrogens with zero attached hydrogens (tertiary/aromatic N) is 1. The number of alkyl halides is 3. The molecule has 0 aromatic carbocycles. The zero-order chi connectivity index (χ0) is 14.6. The van der Waals surface area contributed by atoms with Crippen LogP contribution in [0.3, 0.4) is 0 Å². The smallest absolute Gasteiger partial charge is 0.412 e. The summed E-state index contributed by atoms with van der Waals surface area (Å²) in [6.07, 6.45) is -0.873. The van der Waals surface area contributed by atoms with Gasteiger partial charge in [-0.25, -0.2) is 4.98 Å². The minimum atomic E-state index is -4.38. The first-order valence-electron chi connectivity index (χ1n) is 5.49. The van der Waals surface area contributed by atoms with Crippen LogP contribution in [0.1, 0.15) is 26.1 Å². The van der Waals surface area contributed by atoms with E-state index in [1.807, 2.05) is 0 Å². The average molecular weight is 274 g/mol. The van der Waals surface area contributed by atoms with Crippen LogP contribution in [0.5, 0.6) is 5.75 Å². The number of aromatic nitrogens is 2. The number of rotatable bonds is 3. The summed E-state index contributed by atoms with van der Waals surface area (Å²) in [6, 6.07) is 0. The summed E-state index contributed by atoms with van der Waals surface area (Å²) in [5, 5.41) is 9.04. The Morgan fingerprint density at radius 2 is 2.11 bits per heavy atom. The van der Waals surface area contributed by atoms with Crippen LogP contribution in [-0.2, 0) is 0 Å². The monoisotopic (exact) mass is 274 g/mol. The molecule has 2 N–H and O–H groups in total. The second kappa shape index (κ2) is 5.73. The molecule has 0 aliphatic carbocycles. The van der Waals surface area contributed by atoms with Crippen molar-refractivity contribution in [2.75, 3.05) is 0 Å². The van der Waals surface area contributed by atoms with Crippen molar-refractivity contribution in [3.05, 3.63) is 40.1 Å². The number of aromatic hydroxyl groups is 1. The maximum atomic E-state index is 12.3. The molecule has 0 saturated heterocycles. The van der Waals surface area contributed by atoms with Crippen molar-refractivity contribution in [2.45, 2.75) is 26.4 Å². The molecule has 19 heavy (non-hydrogen) atoms. The van der Waals surface area contributed by atoms with E-state index in [9.17, 15) is 18.0 Å². The first kappa shape index (κ1) is 15.0. The Bertz CT molecular complexity index is 571. The lowest BCUT2D eigenvalue weighted by Gasteiger charge is -2.06. The number of H-pyrrole nitrogens is 1. The molecular weight excluding hydrogens is 261 g/mol. The highest BCUT2D eigenvalue weighted by Crippen LogP contribution is 2.25. The number of hydrogen-bond acceptors (Lipinski definition) is 3. The minimum Gasteiger partial charge on any atom is -0.502 e. The Hall–Kier alpha value is -2.05. The number of nitrogens with one attached hydrogen (secondary N) is 1. The van der Waals surface area contributed by atoms with E-state index in [2.05, 4.69) is 9.97 Å². The van der Waals surface area contributed by atoms with Gasteiger partial charge in [-0.2, -0.15) is 13.2 Å². The van der Waals surface area contributed by atoms with Gasteiger partial charge in [0.1, 0.15) is 5.82 Å². The summed E-state index contributed by atoms with van der Waals surface area (Å²) < 4.78 is 37.0. The topological polar surface area (TPSA) is 66.0 Å². The molecule has 0 saturated carbocycles. The molecule has 0 spiro atoms. The molecule has 0 amide bonds. The highest BCUT2D eigenvalue weighted by molar-refractivity contribution is 5.61. The van der Waals surface area contributed by atoms with Gasteiger partial charge in [-0.1, -0.05) is 19.1 Å². The van der Waals surface area contributed by atoms with Gasteiger partial charge in [0.05, 0.1) is 6.20 Å². The van der Waals surface area contributed by atoms with Crippen molar-refractivity contribution in [3.63, 3.8) is 0 Å². The van der Waals surface area contributed by atoms with Gasteiger partial charge in [0.25, 0.3) is 5.56 Å². The predicted octanol–water partition coefficient (Wildman–Crippen LogP) is 2.78. The number of aromatic amines is 1. The first-order valence-corrected chi connectivity index (χ1v) is 5.49. The third kappa shape index (κ3) is 3.97. The Balaban J connectivity index is 3.14. The number of hydrogen-bond donors (Lipinski definition) is 2. The minimum absolute atomic E-state index is 0.136. The summed E-state index contributed by atoms with van der Waals surface area (Å²) in [4.78, 5) is 17.2. The van der Waals surface area contributed by atoms with Crippen LogP contribution < -0.4 is 5.56 Å². The molecule has 0 aliphatic heterocycles. The fourth-order valence-corrected chi connectivity index (χ4v) is 1.24. The molecule has 0 unspecified atom stereocenters. The summed E-state index contributed by atoms with van der Waals surface area (Å²) in [7, 11) is 0. The van der Waals surface area contributed by atoms with Gasteiger partial charge in [-0.05, 0) is 18.9 Å². The van der Waals surface area contributed by atoms with E-state index in [4.69, 9.17) is 5.11 Å². The van der Waals surface area contributed by atoms with Gasteiger partial charge in [-0.15, -0.1) is 0 Å². The highest BCUT2D eigenvalue weighted by atomic mass is 19.4. The Kier molecular flexibility index (Phi) is 4.52. The van der Waals surface area contributed by atoms with Gasteiger partial charge in [0, 0.05) is 5.57 Å². The second-order valence-electron chi connectivity index (χ2n) is 3.84. The van der Waals surface area contributed by atoms with E-state index in [-0.39, 0.29) is 5.82 Å². The molecule has 1 rings (SSSR count). The maximum Gasteiger partial charge on any atom is 0.412 e. The fraction of sp³-hybridized carbons (Fsp3) is 0.333. The molecular formula is C12H13F3N2O2. The molecule has 1 heterocycles. The van der Waals surface area contributed by atoms with Crippen LogP contribution in [0.4, 0.5) is 13.2 Å². The van der Waals surface area contributed by atoms with E-state index in [1.165, 1.54) is 6.08 Å². The molecule has 7 heteroatoms. The van der Waals surface area contributed by atoms with Crippen LogP contribution >= 0.6 is 0 Å². The standard InChI is InChI=1S/C12H13F3N2O2/c1-3-8(5-4-7(2)12(13,14)15)10-16-6-9(18)11(19)17-10/h4-6,18H,3H2,1-2H3,(H,16,17,19). The van der Waals surface area contributed by atoms with Gasteiger partial charge in [0.15, 0.2) is 5.75 Å². The fourth-order valence-electron chi connectivity index (χ4n) is 1.24. The van der Waals surface area contributed by atoms with E-state index in [0.717, 1.165) is 19.2 Å². The van der Waals surface area contributed by atoms with Crippen LogP contribution in [0.15, 0.2) is 28.7 Å². The first-order chi connectivity index (χ1) is 8.75. The van der Waals surface area contributed by atoms with Gasteiger partial charge in [-0.3, -0.25) is 4.79 Å². The van der Waals surface area contributed by atoms with E-state index in [1.54, 1.807) is 6.92 Å². The molecule has 0 fully saturated rings. The van der Waals surface area contributed by atoms with Crippen molar-refractivity contribution in [3.8, 4) is 5.75 Å². The summed E-state index contributed by atoms with van der Waals surface area (Å²) in [5.41, 5.74) is -1.05. The average Bonchev–Trinajstić information content (AvgIpc) is 2.32. The molecule has 4 nitrogen and oxygen atoms in total. The third-order valence-electron chi connectivity index (χ3n) is 2.45. The molecule has 0 aliphatic rings. The molecule has 0 atom stereocenters. The lowest BCUT2D eigenvalue weighted by atomic mass is 10.1. The molecule has 104 valence electrons. The van der Waals surface area contributed by atoms with Crippen LogP contribution in [-0.4, -0.2) is 21.3 Å². The van der Waals surface area contributed by atoms with E-state index >= 15 is 0 Å². The zero-order valence-corrected chi connectivity index (χ0v) is 10.4. The van der Waals surface area contributed by atoms with Gasteiger partial charge < -0.3 is 10.1 Å². The summed E-state index contributed by atoms with van der Waals surface area (Å²) in [5.74, 6) is -0.405. The largest absolute Gasteiger partial charge is 0.502 e. The summed E-state index contributed by atoms with van der Waals surface area (Å²) >= 11 is 0. The van der Waals surface area contributed by atoms with Crippen molar-refractivity contribution in [1.82, 2.24) is 9.97 Å². The van der Waals surface area contributed by atoms with Crippen LogP contribution in [0.25, 0.3) is 5.57 Å². The van der Waals surface area contributed by atoms with Gasteiger partial charge in [0.2, 0.25) is 0 Å². The van der Waals surface area contributed by atoms with Crippen LogP contribution in [0.2, 0.25) is 0 Å². The van der Waals surface area contributed by atoms with Crippen LogP contribution in [0, 0.1) is 0 Å². The zero-order valence-electron chi connectivity index (χ0n) is 10.4. The number of halogens is 3. The molecule has 0 bridgehead atoms. The lowest BCUT2D eigenvalue weighted by molar-refractivity contribution is -0.0912. The van der Waals surface area contributed by atoms with Crippen molar-refractivity contribution < 1.29 is 18.3 Å². The molecule has 1 aromatic rings. The van der Waals surface area contributed by atoms with Crippen molar-refractivity contribution >= 4 is 5.57 Å². The lowest BCUT2D eigenvalue weighted by Crippen LogP contribution is -2.10. The summed E-state index contributed by atoms with van der Waals surface area (Å²) in [6.45, 7) is 2.67. The Morgan fingerprint density at radius 3 is 2.58 bits per heavy atom. The van der Waals surface area contributed by atoms with Gasteiger partial charge >= 0.3 is 6.18 Å². The van der Waals surface area contributed by atoms with E-state index in [0.29, 0.717) is 12.0 Å². The normalized spacial score (nSPS) is 13.7. The quantitative estimate of drug-likeness (QED) is 0.833. The Morgan fingerprint density at radius 1 is 1.47 bits per heavy atom. The maximum absolute atomic E-state index is 12.3. The third-order valence-corrected chi connectivity index (χ3v) is 2.45. The van der Waals surface area contributed by atoms with E-state index < -0.39 is 23.1 Å². The number of allylic oxidation sites excluding steroid dienone is 4. The molecule has 1 aromatic heterocycles. The SMILES string of the molecule is CCC(=CC=C(C)C(F)(F)F)c1ncc(O)c(=O)[nH]1. The van der Waals surface area contributed by atoms with Crippen molar-refractivity contribution in [1.29, 1.82) is 0 Å². The second-order valence-corrected chi connectivity index (χ2v) is 3.84.